The third kappa shape index (κ3) is 3.30. The number of imidazole rings is 1. The van der Waals surface area contributed by atoms with Gasteiger partial charge >= 0.3 is 0 Å². The molecular formula is C18H23ClN4O3. The number of aryl methyl sites for hydroxylation is 1. The van der Waals surface area contributed by atoms with Crippen LogP contribution in [0.15, 0.2) is 24.3 Å². The van der Waals surface area contributed by atoms with Gasteiger partial charge in [0, 0.05) is 38.2 Å². The Bertz CT molecular complexity index is 790. The molecule has 140 valence electrons. The molecule has 1 unspecified atom stereocenters. The number of carbonyl (C=O) groups excluding carboxylic acids is 1. The summed E-state index contributed by atoms with van der Waals surface area (Å²) in [5, 5.41) is 20.2. The van der Waals surface area contributed by atoms with Crippen LogP contribution >= 0.6 is 11.6 Å². The highest BCUT2D eigenvalue weighted by molar-refractivity contribution is 6.30. The van der Waals surface area contributed by atoms with Gasteiger partial charge in [0.05, 0.1) is 0 Å². The van der Waals surface area contributed by atoms with Gasteiger partial charge in [-0.25, -0.2) is 4.98 Å². The lowest BCUT2D eigenvalue weighted by atomic mass is 10.2. The maximum atomic E-state index is 13.0. The SMILES string of the molecule is CCc1nc2c(n1Cc1ccc(Cl)cc1)C(=O)N(CCCO)C(O)N2C. The summed E-state index contributed by atoms with van der Waals surface area (Å²) >= 11 is 5.96. The second kappa shape index (κ2) is 7.65. The lowest BCUT2D eigenvalue weighted by Gasteiger charge is -2.38. The number of fused-ring (bicyclic) bond motifs is 1. The second-order valence-electron chi connectivity index (χ2n) is 6.30. The maximum absolute atomic E-state index is 13.0. The lowest BCUT2D eigenvalue weighted by molar-refractivity contribution is 0.00113. The molecule has 0 fully saturated rings. The van der Waals surface area contributed by atoms with Crippen molar-refractivity contribution in [1.82, 2.24) is 14.5 Å². The van der Waals surface area contributed by atoms with Gasteiger partial charge in [-0.2, -0.15) is 0 Å². The summed E-state index contributed by atoms with van der Waals surface area (Å²) in [4.78, 5) is 20.6. The number of hydrogen-bond donors (Lipinski definition) is 2. The summed E-state index contributed by atoms with van der Waals surface area (Å²) in [6, 6.07) is 7.47. The van der Waals surface area contributed by atoms with E-state index in [2.05, 4.69) is 4.98 Å². The van der Waals surface area contributed by atoms with E-state index in [0.29, 0.717) is 35.9 Å². The van der Waals surface area contributed by atoms with Crippen LogP contribution in [0.5, 0.6) is 0 Å². The summed E-state index contributed by atoms with van der Waals surface area (Å²) in [5.41, 5.74) is 1.47. The highest BCUT2D eigenvalue weighted by atomic mass is 35.5. The topological polar surface area (TPSA) is 81.8 Å². The third-order valence-electron chi connectivity index (χ3n) is 4.58. The number of nitrogens with zero attached hydrogens (tertiary/aromatic N) is 4. The molecule has 26 heavy (non-hydrogen) atoms. The molecule has 0 saturated carbocycles. The Kier molecular flexibility index (Phi) is 5.50. The Morgan fingerprint density at radius 2 is 1.96 bits per heavy atom. The highest BCUT2D eigenvalue weighted by Crippen LogP contribution is 2.30. The molecular weight excluding hydrogens is 356 g/mol. The summed E-state index contributed by atoms with van der Waals surface area (Å²) in [6.07, 6.45) is -0.0306. The zero-order valence-corrected chi connectivity index (χ0v) is 15.6. The number of aliphatic hydroxyl groups excluding tert-OH is 2. The molecule has 0 aliphatic carbocycles. The van der Waals surface area contributed by atoms with Gasteiger partial charge in [0.25, 0.3) is 5.91 Å². The van der Waals surface area contributed by atoms with Crippen LogP contribution in [0.1, 0.15) is 35.2 Å². The van der Waals surface area contributed by atoms with Crippen molar-refractivity contribution in [3.8, 4) is 0 Å². The van der Waals surface area contributed by atoms with Crippen LogP contribution in [0.2, 0.25) is 5.02 Å². The number of aliphatic hydroxyl groups is 2. The smallest absolute Gasteiger partial charge is 0.277 e. The van der Waals surface area contributed by atoms with E-state index >= 15 is 0 Å². The van der Waals surface area contributed by atoms with Crippen LogP contribution in [-0.4, -0.2) is 57.1 Å². The molecule has 2 heterocycles. The molecule has 1 aromatic heterocycles. The Labute approximate surface area is 157 Å². The highest BCUT2D eigenvalue weighted by Gasteiger charge is 2.39. The Hall–Kier alpha value is -2.09. The third-order valence-corrected chi connectivity index (χ3v) is 4.83. The number of hydrogen-bond acceptors (Lipinski definition) is 5. The van der Waals surface area contributed by atoms with E-state index in [1.807, 2.05) is 35.8 Å². The number of amides is 1. The summed E-state index contributed by atoms with van der Waals surface area (Å²) in [7, 11) is 1.71. The Balaban J connectivity index is 2.03. The molecule has 2 aromatic rings. The minimum atomic E-state index is -1.09. The minimum absolute atomic E-state index is 0.0443. The van der Waals surface area contributed by atoms with Crippen molar-refractivity contribution in [2.75, 3.05) is 25.1 Å². The minimum Gasteiger partial charge on any atom is -0.396 e. The predicted molar refractivity (Wildman–Crippen MR) is 99.3 cm³/mol. The average molecular weight is 379 g/mol. The standard InChI is InChI=1S/C18H23ClN4O3/c1-3-14-20-16-15(23(14)11-12-5-7-13(19)8-6-12)17(25)22(9-4-10-24)18(26)21(16)2/h5-8,18,24,26H,3-4,9-11H2,1-2H3. The molecule has 8 heteroatoms. The Morgan fingerprint density at radius 1 is 1.27 bits per heavy atom. The number of rotatable bonds is 6. The normalized spacial score (nSPS) is 17.0. The molecule has 1 aliphatic heterocycles. The molecule has 0 bridgehead atoms. The van der Waals surface area contributed by atoms with E-state index in [1.165, 1.54) is 4.90 Å². The van der Waals surface area contributed by atoms with Crippen LogP contribution in [0.25, 0.3) is 0 Å². The van der Waals surface area contributed by atoms with Crippen molar-refractivity contribution < 1.29 is 15.0 Å². The first-order chi connectivity index (χ1) is 12.5. The van der Waals surface area contributed by atoms with E-state index in [0.717, 1.165) is 11.4 Å². The van der Waals surface area contributed by atoms with Crippen molar-refractivity contribution in [3.63, 3.8) is 0 Å². The molecule has 0 saturated heterocycles. The number of anilines is 1. The monoisotopic (exact) mass is 378 g/mol. The van der Waals surface area contributed by atoms with Crippen molar-refractivity contribution >= 4 is 23.3 Å². The number of halogens is 1. The zero-order chi connectivity index (χ0) is 18.8. The second-order valence-corrected chi connectivity index (χ2v) is 6.74. The van der Waals surface area contributed by atoms with Gasteiger partial charge in [-0.1, -0.05) is 30.7 Å². The van der Waals surface area contributed by atoms with Crippen molar-refractivity contribution in [3.05, 3.63) is 46.4 Å². The molecule has 7 nitrogen and oxygen atoms in total. The van der Waals surface area contributed by atoms with Gasteiger partial charge in [-0.15, -0.1) is 0 Å². The quantitative estimate of drug-likeness (QED) is 0.799. The van der Waals surface area contributed by atoms with Crippen LogP contribution in [-0.2, 0) is 13.0 Å². The van der Waals surface area contributed by atoms with Gasteiger partial charge in [0.15, 0.2) is 11.5 Å². The first-order valence-electron chi connectivity index (χ1n) is 8.64. The molecule has 1 aliphatic rings. The van der Waals surface area contributed by atoms with E-state index in [9.17, 15) is 9.90 Å². The van der Waals surface area contributed by atoms with Crippen molar-refractivity contribution in [2.24, 2.45) is 0 Å². The van der Waals surface area contributed by atoms with Gasteiger partial charge < -0.3 is 19.7 Å². The summed E-state index contributed by atoms with van der Waals surface area (Å²) in [5.74, 6) is 0.982. The molecule has 0 spiro atoms. The predicted octanol–water partition coefficient (Wildman–Crippen LogP) is 1.70. The van der Waals surface area contributed by atoms with Crippen LogP contribution in [0.3, 0.4) is 0 Å². The van der Waals surface area contributed by atoms with E-state index in [1.54, 1.807) is 11.9 Å². The van der Waals surface area contributed by atoms with Crippen molar-refractivity contribution in [1.29, 1.82) is 0 Å². The molecule has 3 rings (SSSR count). The van der Waals surface area contributed by atoms with E-state index in [4.69, 9.17) is 16.7 Å². The van der Waals surface area contributed by atoms with Crippen LogP contribution in [0.4, 0.5) is 5.82 Å². The van der Waals surface area contributed by atoms with Gasteiger partial charge in [0.2, 0.25) is 6.35 Å². The fraction of sp³-hybridized carbons (Fsp3) is 0.444. The van der Waals surface area contributed by atoms with E-state index < -0.39 is 6.35 Å². The van der Waals surface area contributed by atoms with Crippen molar-refractivity contribution in [2.45, 2.75) is 32.7 Å². The fourth-order valence-electron chi connectivity index (χ4n) is 3.17. The molecule has 1 amide bonds. The van der Waals surface area contributed by atoms with Gasteiger partial charge in [-0.3, -0.25) is 9.69 Å². The molecule has 0 radical (unpaired) electrons. The Morgan fingerprint density at radius 3 is 2.58 bits per heavy atom. The van der Waals surface area contributed by atoms with Crippen LogP contribution in [0, 0.1) is 0 Å². The molecule has 1 atom stereocenters. The van der Waals surface area contributed by atoms with Gasteiger partial charge in [0.1, 0.15) is 5.82 Å². The zero-order valence-electron chi connectivity index (χ0n) is 14.9. The number of aromatic nitrogens is 2. The molecule has 2 N–H and O–H groups in total. The van der Waals surface area contributed by atoms with E-state index in [-0.39, 0.29) is 19.1 Å². The number of benzene rings is 1. The first kappa shape index (κ1) is 18.7. The summed E-state index contributed by atoms with van der Waals surface area (Å²) < 4.78 is 1.90. The maximum Gasteiger partial charge on any atom is 0.277 e. The average Bonchev–Trinajstić information content (AvgIpc) is 3.00. The largest absolute Gasteiger partial charge is 0.396 e. The summed E-state index contributed by atoms with van der Waals surface area (Å²) in [6.45, 7) is 2.70. The molecule has 1 aromatic carbocycles. The number of carbonyl (C=O) groups is 1. The fourth-order valence-corrected chi connectivity index (χ4v) is 3.30. The first-order valence-corrected chi connectivity index (χ1v) is 9.02. The lowest BCUT2D eigenvalue weighted by Crippen LogP contribution is -2.54. The van der Waals surface area contributed by atoms with Gasteiger partial charge in [-0.05, 0) is 24.1 Å². The van der Waals surface area contributed by atoms with Crippen LogP contribution < -0.4 is 4.90 Å².